The zero-order chi connectivity index (χ0) is 11.5. The van der Waals surface area contributed by atoms with Crippen molar-refractivity contribution in [3.63, 3.8) is 0 Å². The Bertz CT molecular complexity index is 340. The van der Waals surface area contributed by atoms with Crippen LogP contribution < -0.4 is 0 Å². The quantitative estimate of drug-likeness (QED) is 0.744. The Labute approximate surface area is 95.6 Å². The lowest BCUT2D eigenvalue weighted by Crippen LogP contribution is -2.43. The second-order valence-corrected chi connectivity index (χ2v) is 4.23. The van der Waals surface area contributed by atoms with E-state index in [1.807, 2.05) is 7.05 Å². The van der Waals surface area contributed by atoms with Crippen LogP contribution in [0.4, 0.5) is 0 Å². The first kappa shape index (κ1) is 11.5. The topological polar surface area (TPSA) is 56.1 Å². The van der Waals surface area contributed by atoms with E-state index in [0.717, 1.165) is 31.9 Å². The van der Waals surface area contributed by atoms with Crippen molar-refractivity contribution >= 4 is 0 Å². The molecule has 0 bridgehead atoms. The fourth-order valence-electron chi connectivity index (χ4n) is 2.09. The highest BCUT2D eigenvalue weighted by Gasteiger charge is 2.26. The maximum absolute atomic E-state index is 5.65. The van der Waals surface area contributed by atoms with Gasteiger partial charge >= 0.3 is 0 Å². The molecule has 0 N–H and O–H groups in total. The highest BCUT2D eigenvalue weighted by molar-refractivity contribution is 4.91. The molecule has 0 spiro atoms. The summed E-state index contributed by atoms with van der Waals surface area (Å²) in [5, 5.41) is 11.6. The Morgan fingerprint density at radius 1 is 1.56 bits per heavy atom. The number of hydrogen-bond donors (Lipinski definition) is 0. The third kappa shape index (κ3) is 2.22. The zero-order valence-electron chi connectivity index (χ0n) is 10.1. The molecule has 0 aromatic carbocycles. The predicted octanol–water partition coefficient (Wildman–Crippen LogP) is 0.382. The van der Waals surface area contributed by atoms with Crippen molar-refractivity contribution in [2.24, 2.45) is 7.05 Å². The molecule has 90 valence electrons. The fraction of sp³-hybridized carbons (Fsp3) is 0.900. The zero-order valence-corrected chi connectivity index (χ0v) is 10.1. The second kappa shape index (κ2) is 4.88. The number of nitrogens with zero attached hydrogens (tertiary/aromatic N) is 5. The monoisotopic (exact) mass is 225 g/mol. The Kier molecular flexibility index (Phi) is 3.50. The van der Waals surface area contributed by atoms with E-state index in [0.29, 0.717) is 6.10 Å². The molecule has 2 rings (SSSR count). The number of rotatable bonds is 3. The number of hydrogen-bond acceptors (Lipinski definition) is 5. The van der Waals surface area contributed by atoms with Gasteiger partial charge in [0, 0.05) is 20.1 Å². The van der Waals surface area contributed by atoms with Crippen LogP contribution in [0.15, 0.2) is 0 Å². The van der Waals surface area contributed by atoms with E-state index in [4.69, 9.17) is 4.74 Å². The summed E-state index contributed by atoms with van der Waals surface area (Å²) in [6, 6.07) is 0.248. The second-order valence-electron chi connectivity index (χ2n) is 4.23. The van der Waals surface area contributed by atoms with E-state index in [2.05, 4.69) is 34.3 Å². The maximum atomic E-state index is 5.65. The van der Waals surface area contributed by atoms with Gasteiger partial charge in [0.2, 0.25) is 0 Å². The van der Waals surface area contributed by atoms with Crippen LogP contribution in [-0.2, 0) is 11.8 Å². The minimum Gasteiger partial charge on any atom is -0.376 e. The molecule has 0 radical (unpaired) electrons. The first-order valence-corrected chi connectivity index (χ1v) is 5.80. The molecule has 1 aliphatic rings. The highest BCUT2D eigenvalue weighted by atomic mass is 16.5. The minimum atomic E-state index is 0.248. The molecule has 0 saturated carbocycles. The molecule has 0 amide bonds. The van der Waals surface area contributed by atoms with Gasteiger partial charge in [-0.3, -0.25) is 4.90 Å². The van der Waals surface area contributed by atoms with Gasteiger partial charge < -0.3 is 4.74 Å². The van der Waals surface area contributed by atoms with Crippen LogP contribution in [0.1, 0.15) is 32.1 Å². The van der Waals surface area contributed by atoms with Gasteiger partial charge in [0.05, 0.1) is 18.8 Å². The van der Waals surface area contributed by atoms with Crippen molar-refractivity contribution in [3.8, 4) is 0 Å². The van der Waals surface area contributed by atoms with E-state index in [9.17, 15) is 0 Å². The van der Waals surface area contributed by atoms with E-state index in [-0.39, 0.29) is 6.04 Å². The summed E-state index contributed by atoms with van der Waals surface area (Å²) in [6.45, 7) is 7.01. The lowest BCUT2D eigenvalue weighted by atomic mass is 10.1. The Morgan fingerprint density at radius 2 is 2.38 bits per heavy atom. The highest BCUT2D eigenvalue weighted by Crippen LogP contribution is 2.20. The normalized spacial score (nSPS) is 24.6. The van der Waals surface area contributed by atoms with Crippen LogP contribution in [0, 0.1) is 0 Å². The first-order chi connectivity index (χ1) is 7.72. The number of ether oxygens (including phenoxy) is 1. The molecule has 16 heavy (non-hydrogen) atoms. The van der Waals surface area contributed by atoms with E-state index >= 15 is 0 Å². The Hall–Kier alpha value is -1.01. The summed E-state index contributed by atoms with van der Waals surface area (Å²) < 4.78 is 7.39. The van der Waals surface area contributed by atoms with Gasteiger partial charge in [-0.05, 0) is 23.8 Å². The van der Waals surface area contributed by atoms with Gasteiger partial charge in [0.25, 0.3) is 0 Å². The average molecular weight is 225 g/mol. The molecule has 6 heteroatoms. The number of tetrazole rings is 1. The molecule has 1 saturated heterocycles. The summed E-state index contributed by atoms with van der Waals surface area (Å²) >= 11 is 0. The molecule has 1 aliphatic heterocycles. The molecule has 1 aromatic rings. The van der Waals surface area contributed by atoms with Gasteiger partial charge in [-0.2, -0.15) is 0 Å². The molecule has 1 fully saturated rings. The average Bonchev–Trinajstić information content (AvgIpc) is 2.74. The fourth-order valence-corrected chi connectivity index (χ4v) is 2.09. The molecule has 1 aromatic heterocycles. The molecular formula is C10H19N5O. The lowest BCUT2D eigenvalue weighted by Gasteiger charge is -2.35. The smallest absolute Gasteiger partial charge is 0.167 e. The standard InChI is InChI=1S/C10H19N5O/c1-4-9-7-15(5-6-16-9)8(2)10-11-12-13-14(10)3/h8-9H,4-7H2,1-3H3/t8-,9+/m0/s1. The van der Waals surface area contributed by atoms with Crippen LogP contribution in [0.25, 0.3) is 0 Å². The van der Waals surface area contributed by atoms with Crippen molar-refractivity contribution < 1.29 is 4.74 Å². The molecular weight excluding hydrogens is 206 g/mol. The predicted molar refractivity (Wildman–Crippen MR) is 58.8 cm³/mol. The van der Waals surface area contributed by atoms with Gasteiger partial charge in [0.15, 0.2) is 5.82 Å². The third-order valence-electron chi connectivity index (χ3n) is 3.20. The van der Waals surface area contributed by atoms with Gasteiger partial charge in [-0.15, -0.1) is 5.10 Å². The molecule has 0 aliphatic carbocycles. The molecule has 6 nitrogen and oxygen atoms in total. The SMILES string of the molecule is CC[C@@H]1CN([C@@H](C)c2nnnn2C)CCO1. The number of morpholine rings is 1. The minimum absolute atomic E-state index is 0.248. The van der Waals surface area contributed by atoms with Crippen LogP contribution in [0.2, 0.25) is 0 Å². The summed E-state index contributed by atoms with van der Waals surface area (Å²) in [6.07, 6.45) is 1.40. The van der Waals surface area contributed by atoms with Gasteiger partial charge in [-0.1, -0.05) is 6.92 Å². The van der Waals surface area contributed by atoms with Crippen molar-refractivity contribution in [2.75, 3.05) is 19.7 Å². The lowest BCUT2D eigenvalue weighted by molar-refractivity contribution is -0.0440. The van der Waals surface area contributed by atoms with E-state index in [1.54, 1.807) is 4.68 Å². The van der Waals surface area contributed by atoms with E-state index in [1.165, 1.54) is 0 Å². The van der Waals surface area contributed by atoms with Crippen LogP contribution >= 0.6 is 0 Å². The maximum Gasteiger partial charge on any atom is 0.167 e. The van der Waals surface area contributed by atoms with Crippen LogP contribution in [0.3, 0.4) is 0 Å². The summed E-state index contributed by atoms with van der Waals surface area (Å²) in [5.74, 6) is 0.914. The summed E-state index contributed by atoms with van der Waals surface area (Å²) in [4.78, 5) is 2.38. The van der Waals surface area contributed by atoms with E-state index < -0.39 is 0 Å². The van der Waals surface area contributed by atoms with Gasteiger partial charge in [-0.25, -0.2) is 4.68 Å². The van der Waals surface area contributed by atoms with Crippen molar-refractivity contribution in [2.45, 2.75) is 32.4 Å². The third-order valence-corrected chi connectivity index (χ3v) is 3.20. The van der Waals surface area contributed by atoms with Gasteiger partial charge in [0.1, 0.15) is 0 Å². The van der Waals surface area contributed by atoms with Crippen molar-refractivity contribution in [3.05, 3.63) is 5.82 Å². The summed E-state index contributed by atoms with van der Waals surface area (Å²) in [7, 11) is 1.88. The largest absolute Gasteiger partial charge is 0.376 e. The number of aryl methyl sites for hydroxylation is 1. The van der Waals surface area contributed by atoms with Crippen molar-refractivity contribution in [1.82, 2.24) is 25.1 Å². The Morgan fingerprint density at radius 3 is 3.00 bits per heavy atom. The van der Waals surface area contributed by atoms with Crippen LogP contribution in [0.5, 0.6) is 0 Å². The number of aromatic nitrogens is 4. The first-order valence-electron chi connectivity index (χ1n) is 5.80. The molecule has 0 unspecified atom stereocenters. The Balaban J connectivity index is 2.04. The summed E-state index contributed by atoms with van der Waals surface area (Å²) in [5.41, 5.74) is 0. The molecule has 2 heterocycles. The molecule has 2 atom stereocenters. The van der Waals surface area contributed by atoms with Crippen LogP contribution in [-0.4, -0.2) is 50.9 Å². The van der Waals surface area contributed by atoms with Crippen molar-refractivity contribution in [1.29, 1.82) is 0 Å².